The monoisotopic (exact) mass is 298 g/mol. The van der Waals surface area contributed by atoms with Crippen molar-refractivity contribution in [3.05, 3.63) is 0 Å². The lowest BCUT2D eigenvalue weighted by atomic mass is 9.80. The number of hydrogen-bond donors (Lipinski definition) is 2. The third-order valence-corrected chi connectivity index (χ3v) is 4.91. The second-order valence-corrected chi connectivity index (χ2v) is 6.39. The first-order valence-electron chi connectivity index (χ1n) is 7.83. The van der Waals surface area contributed by atoms with Gasteiger partial charge in [0.15, 0.2) is 0 Å². The van der Waals surface area contributed by atoms with E-state index in [1.54, 1.807) is 0 Å². The van der Waals surface area contributed by atoms with Gasteiger partial charge in [-0.05, 0) is 46.0 Å². The number of carbonyl (C=O) groups excluding carboxylic acids is 1. The Morgan fingerprint density at radius 2 is 1.81 bits per heavy atom. The van der Waals surface area contributed by atoms with E-state index in [4.69, 9.17) is 4.74 Å². The van der Waals surface area contributed by atoms with Crippen LogP contribution in [-0.2, 0) is 9.53 Å². The second-order valence-electron chi connectivity index (χ2n) is 6.39. The molecule has 2 rings (SSSR count). The van der Waals surface area contributed by atoms with Gasteiger partial charge in [0.1, 0.15) is 0 Å². The summed E-state index contributed by atoms with van der Waals surface area (Å²) in [6, 6.07) is 0.287. The normalized spacial score (nSPS) is 29.0. The van der Waals surface area contributed by atoms with Gasteiger partial charge in [-0.3, -0.25) is 4.79 Å². The Morgan fingerprint density at radius 3 is 2.33 bits per heavy atom. The highest BCUT2D eigenvalue weighted by Gasteiger charge is 2.41. The van der Waals surface area contributed by atoms with Crippen molar-refractivity contribution in [2.24, 2.45) is 5.41 Å². The first kappa shape index (κ1) is 16.1. The molecule has 2 N–H and O–H groups in total. The molecule has 120 valence electrons. The topological polar surface area (TPSA) is 78.9 Å². The van der Waals surface area contributed by atoms with Crippen LogP contribution in [0.1, 0.15) is 46.0 Å². The maximum absolute atomic E-state index is 12.4. The zero-order chi connectivity index (χ0) is 15.5. The summed E-state index contributed by atoms with van der Waals surface area (Å²) in [6.07, 6.45) is 4.06. The predicted octanol–water partition coefficient (Wildman–Crippen LogP) is 1.84. The second kappa shape index (κ2) is 6.64. The van der Waals surface area contributed by atoms with Crippen LogP contribution in [0.25, 0.3) is 0 Å². The van der Waals surface area contributed by atoms with Crippen LogP contribution < -0.4 is 5.32 Å². The molecule has 0 radical (unpaired) electrons. The summed E-state index contributed by atoms with van der Waals surface area (Å²) in [6.45, 7) is 5.17. The molecule has 0 unspecified atom stereocenters. The molecule has 21 heavy (non-hydrogen) atoms. The largest absolute Gasteiger partial charge is 0.481 e. The summed E-state index contributed by atoms with van der Waals surface area (Å²) in [5.41, 5.74) is -0.879. The van der Waals surface area contributed by atoms with Crippen molar-refractivity contribution in [3.8, 4) is 0 Å². The number of nitrogens with zero attached hydrogens (tertiary/aromatic N) is 1. The molecular weight excluding hydrogens is 272 g/mol. The number of likely N-dealkylation sites (tertiary alicyclic amines) is 1. The number of urea groups is 1. The summed E-state index contributed by atoms with van der Waals surface area (Å²) < 4.78 is 5.25. The minimum Gasteiger partial charge on any atom is -0.481 e. The minimum absolute atomic E-state index is 0.137. The Morgan fingerprint density at radius 1 is 1.24 bits per heavy atom. The molecule has 2 aliphatic rings. The number of nitrogens with one attached hydrogen (secondary N) is 1. The minimum atomic E-state index is -0.879. The molecule has 2 amide bonds. The Kier molecular flexibility index (Phi) is 5.08. The molecule has 0 saturated carbocycles. The van der Waals surface area contributed by atoms with Gasteiger partial charge in [-0.25, -0.2) is 4.79 Å². The third kappa shape index (κ3) is 3.48. The molecule has 0 bridgehead atoms. The van der Waals surface area contributed by atoms with E-state index in [-0.39, 0.29) is 24.7 Å². The van der Waals surface area contributed by atoms with E-state index in [9.17, 15) is 14.7 Å². The molecule has 0 aliphatic carbocycles. The number of piperidine rings is 1. The number of aliphatic carboxylic acids is 1. The highest BCUT2D eigenvalue weighted by molar-refractivity contribution is 5.78. The highest BCUT2D eigenvalue weighted by atomic mass is 16.5. The van der Waals surface area contributed by atoms with Crippen molar-refractivity contribution < 1.29 is 19.4 Å². The first-order chi connectivity index (χ1) is 9.96. The van der Waals surface area contributed by atoms with Crippen molar-refractivity contribution in [3.63, 3.8) is 0 Å². The Labute approximate surface area is 125 Å². The van der Waals surface area contributed by atoms with E-state index in [1.807, 2.05) is 4.90 Å². The smallest absolute Gasteiger partial charge is 0.317 e. The zero-order valence-electron chi connectivity index (χ0n) is 12.9. The van der Waals surface area contributed by atoms with Gasteiger partial charge in [-0.1, -0.05) is 0 Å². The lowest BCUT2D eigenvalue weighted by Crippen LogP contribution is -2.55. The van der Waals surface area contributed by atoms with E-state index in [1.165, 1.54) is 0 Å². The van der Waals surface area contributed by atoms with Crippen LogP contribution in [0.4, 0.5) is 4.79 Å². The lowest BCUT2D eigenvalue weighted by Gasteiger charge is -2.40. The molecule has 2 atom stereocenters. The van der Waals surface area contributed by atoms with E-state index >= 15 is 0 Å². The molecule has 2 fully saturated rings. The van der Waals surface area contributed by atoms with Gasteiger partial charge < -0.3 is 20.1 Å². The van der Waals surface area contributed by atoms with Crippen LogP contribution in [0.2, 0.25) is 0 Å². The van der Waals surface area contributed by atoms with Crippen LogP contribution >= 0.6 is 0 Å². The molecule has 2 heterocycles. The predicted molar refractivity (Wildman–Crippen MR) is 78.1 cm³/mol. The fraction of sp³-hybridized carbons (Fsp3) is 0.867. The fourth-order valence-corrected chi connectivity index (χ4v) is 3.39. The molecule has 6 nitrogen and oxygen atoms in total. The molecule has 0 aromatic rings. The van der Waals surface area contributed by atoms with Crippen molar-refractivity contribution in [2.75, 3.05) is 19.8 Å². The van der Waals surface area contributed by atoms with E-state index in [0.29, 0.717) is 26.1 Å². The lowest BCUT2D eigenvalue weighted by molar-refractivity contribution is -0.154. The van der Waals surface area contributed by atoms with E-state index < -0.39 is 11.4 Å². The number of carboxylic acids is 1. The number of rotatable bonds is 3. The SMILES string of the molecule is C[C@@H]1CCC[C@H](C)N1C(=O)NCC1(C(=O)O)CCOCC1. The van der Waals surface area contributed by atoms with Gasteiger partial charge in [0, 0.05) is 31.8 Å². The maximum Gasteiger partial charge on any atom is 0.317 e. The third-order valence-electron chi connectivity index (χ3n) is 4.91. The van der Waals surface area contributed by atoms with Gasteiger partial charge in [0.05, 0.1) is 5.41 Å². The molecule has 0 aromatic carbocycles. The molecule has 2 aliphatic heterocycles. The standard InChI is InChI=1S/C15H26N2O4/c1-11-4-3-5-12(2)17(11)14(20)16-10-15(13(18)19)6-8-21-9-7-15/h11-12H,3-10H2,1-2H3,(H,16,20)(H,18,19)/t11-,12+. The zero-order valence-corrected chi connectivity index (χ0v) is 12.9. The van der Waals surface area contributed by atoms with Crippen molar-refractivity contribution in [2.45, 2.75) is 58.0 Å². The number of ether oxygens (including phenoxy) is 1. The number of carbonyl (C=O) groups is 2. The van der Waals surface area contributed by atoms with Crippen LogP contribution in [0.5, 0.6) is 0 Å². The average molecular weight is 298 g/mol. The van der Waals surface area contributed by atoms with Crippen LogP contribution in [0.3, 0.4) is 0 Å². The molecule has 0 spiro atoms. The summed E-state index contributed by atoms with van der Waals surface area (Å²) in [7, 11) is 0. The van der Waals surface area contributed by atoms with Crippen molar-refractivity contribution in [1.29, 1.82) is 0 Å². The van der Waals surface area contributed by atoms with Crippen molar-refractivity contribution >= 4 is 12.0 Å². The Balaban J connectivity index is 1.97. The van der Waals surface area contributed by atoms with Gasteiger partial charge in [-0.15, -0.1) is 0 Å². The maximum atomic E-state index is 12.4. The van der Waals surface area contributed by atoms with Crippen LogP contribution in [0.15, 0.2) is 0 Å². The number of amides is 2. The average Bonchev–Trinajstić information content (AvgIpc) is 2.46. The fourth-order valence-electron chi connectivity index (χ4n) is 3.39. The molecular formula is C15H26N2O4. The highest BCUT2D eigenvalue weighted by Crippen LogP contribution is 2.30. The summed E-state index contributed by atoms with van der Waals surface area (Å²) in [4.78, 5) is 25.8. The van der Waals surface area contributed by atoms with Crippen molar-refractivity contribution in [1.82, 2.24) is 10.2 Å². The van der Waals surface area contributed by atoms with Gasteiger partial charge in [0.2, 0.25) is 0 Å². The van der Waals surface area contributed by atoms with E-state index in [0.717, 1.165) is 19.3 Å². The quantitative estimate of drug-likeness (QED) is 0.833. The van der Waals surface area contributed by atoms with Crippen LogP contribution in [0, 0.1) is 5.41 Å². The summed E-state index contributed by atoms with van der Waals surface area (Å²) in [5.74, 6) is -0.842. The first-order valence-corrected chi connectivity index (χ1v) is 7.83. The van der Waals surface area contributed by atoms with Gasteiger partial charge in [-0.2, -0.15) is 0 Å². The summed E-state index contributed by atoms with van der Waals surface area (Å²) in [5, 5.41) is 12.4. The molecule has 2 saturated heterocycles. The van der Waals surface area contributed by atoms with Crippen LogP contribution in [-0.4, -0.2) is 53.8 Å². The number of carboxylic acid groups (broad SMARTS) is 1. The molecule has 0 aromatic heterocycles. The summed E-state index contributed by atoms with van der Waals surface area (Å²) >= 11 is 0. The molecule has 6 heteroatoms. The van der Waals surface area contributed by atoms with E-state index in [2.05, 4.69) is 19.2 Å². The van der Waals surface area contributed by atoms with Gasteiger partial charge in [0.25, 0.3) is 0 Å². The Hall–Kier alpha value is -1.30. The van der Waals surface area contributed by atoms with Gasteiger partial charge >= 0.3 is 12.0 Å². The number of hydrogen-bond acceptors (Lipinski definition) is 3. The Bertz CT molecular complexity index is 383.